The van der Waals surface area contributed by atoms with E-state index in [0.29, 0.717) is 17.5 Å². The number of nitrogens with zero attached hydrogens (tertiary/aromatic N) is 2. The average Bonchev–Trinajstić information content (AvgIpc) is 2.21. The van der Waals surface area contributed by atoms with Gasteiger partial charge in [0, 0.05) is 0 Å². The monoisotopic (exact) mass is 190 g/mol. The van der Waals surface area contributed by atoms with Crippen molar-refractivity contribution in [3.05, 3.63) is 22.4 Å². The minimum absolute atomic E-state index is 0.206. The number of nitriles is 1. The number of ether oxygens (including phenoxy) is 1. The highest BCUT2D eigenvalue weighted by Gasteiger charge is 2.13. The summed E-state index contributed by atoms with van der Waals surface area (Å²) in [5.41, 5.74) is 2.16. The van der Waals surface area contributed by atoms with Crippen LogP contribution >= 0.6 is 0 Å². The number of rotatable bonds is 2. The van der Waals surface area contributed by atoms with Crippen LogP contribution in [0.2, 0.25) is 0 Å². The summed E-state index contributed by atoms with van der Waals surface area (Å²) in [4.78, 5) is 14.6. The Hall–Kier alpha value is -1.89. The molecule has 0 aliphatic rings. The third-order valence-electron chi connectivity index (χ3n) is 2.17. The quantitative estimate of drug-likeness (QED) is 0.661. The maximum atomic E-state index is 10.6. The molecule has 0 saturated heterocycles. The van der Waals surface area contributed by atoms with E-state index in [4.69, 9.17) is 10.00 Å². The van der Waals surface area contributed by atoms with E-state index < -0.39 is 0 Å². The topological polar surface area (TPSA) is 63.0 Å². The van der Waals surface area contributed by atoms with Crippen LogP contribution < -0.4 is 4.74 Å². The molecule has 0 fully saturated rings. The molecule has 14 heavy (non-hydrogen) atoms. The van der Waals surface area contributed by atoms with Gasteiger partial charge in [-0.15, -0.1) is 0 Å². The van der Waals surface area contributed by atoms with Gasteiger partial charge in [0.15, 0.2) is 6.29 Å². The molecule has 0 spiro atoms. The lowest BCUT2D eigenvalue weighted by molar-refractivity contribution is 0.111. The van der Waals surface area contributed by atoms with Crippen LogP contribution in [-0.2, 0) is 0 Å². The largest absolute Gasteiger partial charge is 0.480 e. The van der Waals surface area contributed by atoms with Crippen LogP contribution in [0.4, 0.5) is 0 Å². The maximum Gasteiger partial charge on any atom is 0.232 e. The van der Waals surface area contributed by atoms with Crippen molar-refractivity contribution in [2.24, 2.45) is 0 Å². The molecule has 1 heterocycles. The molecule has 0 saturated carbocycles. The zero-order valence-electron chi connectivity index (χ0n) is 8.29. The number of aromatic nitrogens is 1. The Labute approximate surface area is 82.1 Å². The number of pyridine rings is 1. The van der Waals surface area contributed by atoms with Crippen molar-refractivity contribution in [3.63, 3.8) is 0 Å². The molecule has 0 aliphatic heterocycles. The first-order valence-electron chi connectivity index (χ1n) is 4.06. The van der Waals surface area contributed by atoms with Gasteiger partial charge in [-0.3, -0.25) is 4.79 Å². The van der Waals surface area contributed by atoms with Crippen molar-refractivity contribution in [1.29, 1.82) is 5.26 Å². The van der Waals surface area contributed by atoms with E-state index in [0.717, 1.165) is 11.1 Å². The maximum absolute atomic E-state index is 10.6. The van der Waals surface area contributed by atoms with Gasteiger partial charge >= 0.3 is 0 Å². The summed E-state index contributed by atoms with van der Waals surface area (Å²) >= 11 is 0. The van der Waals surface area contributed by atoms with E-state index in [1.54, 1.807) is 13.8 Å². The van der Waals surface area contributed by atoms with Crippen LogP contribution in [-0.4, -0.2) is 18.4 Å². The second kappa shape index (κ2) is 3.88. The van der Waals surface area contributed by atoms with Crippen LogP contribution in [0.5, 0.6) is 5.88 Å². The van der Waals surface area contributed by atoms with Crippen molar-refractivity contribution < 1.29 is 9.53 Å². The first kappa shape index (κ1) is 10.2. The first-order valence-corrected chi connectivity index (χ1v) is 4.06. The first-order chi connectivity index (χ1) is 6.65. The molecular weight excluding hydrogens is 180 g/mol. The van der Waals surface area contributed by atoms with E-state index in [1.165, 1.54) is 7.11 Å². The fraction of sp³-hybridized carbons (Fsp3) is 0.300. The highest BCUT2D eigenvalue weighted by atomic mass is 16.5. The van der Waals surface area contributed by atoms with Crippen molar-refractivity contribution in [2.45, 2.75) is 13.8 Å². The lowest BCUT2D eigenvalue weighted by Crippen LogP contribution is -2.02. The van der Waals surface area contributed by atoms with Crippen molar-refractivity contribution in [1.82, 2.24) is 4.98 Å². The lowest BCUT2D eigenvalue weighted by atomic mass is 10.0. The fourth-order valence-corrected chi connectivity index (χ4v) is 1.18. The minimum Gasteiger partial charge on any atom is -0.480 e. The average molecular weight is 190 g/mol. The van der Waals surface area contributed by atoms with Gasteiger partial charge in [-0.05, 0) is 25.0 Å². The zero-order chi connectivity index (χ0) is 10.7. The number of aldehydes is 1. The molecule has 0 aliphatic carbocycles. The van der Waals surface area contributed by atoms with E-state index in [1.807, 2.05) is 6.07 Å². The summed E-state index contributed by atoms with van der Waals surface area (Å²) in [7, 11) is 1.42. The lowest BCUT2D eigenvalue weighted by Gasteiger charge is -2.08. The van der Waals surface area contributed by atoms with E-state index in [9.17, 15) is 4.79 Å². The third-order valence-corrected chi connectivity index (χ3v) is 2.17. The van der Waals surface area contributed by atoms with E-state index in [-0.39, 0.29) is 5.88 Å². The number of methoxy groups -OCH3 is 1. The van der Waals surface area contributed by atoms with Crippen LogP contribution in [0.25, 0.3) is 0 Å². The Balaban J connectivity index is 3.56. The third kappa shape index (κ3) is 1.44. The number of hydrogen-bond acceptors (Lipinski definition) is 4. The van der Waals surface area contributed by atoms with E-state index >= 15 is 0 Å². The predicted octanol–water partition coefficient (Wildman–Crippen LogP) is 1.39. The molecule has 1 aromatic rings. The molecule has 72 valence electrons. The van der Waals surface area contributed by atoms with Gasteiger partial charge in [-0.2, -0.15) is 5.26 Å². The van der Waals surface area contributed by atoms with Gasteiger partial charge in [0.25, 0.3) is 0 Å². The molecule has 0 amide bonds. The van der Waals surface area contributed by atoms with Crippen LogP contribution in [0.3, 0.4) is 0 Å². The predicted molar refractivity (Wildman–Crippen MR) is 50.4 cm³/mol. The van der Waals surface area contributed by atoms with Gasteiger partial charge in [-0.25, -0.2) is 4.98 Å². The Morgan fingerprint density at radius 3 is 2.50 bits per heavy atom. The van der Waals surface area contributed by atoms with Gasteiger partial charge in [0.1, 0.15) is 17.3 Å². The Morgan fingerprint density at radius 1 is 1.43 bits per heavy atom. The number of carbonyl (C=O) groups excluding carboxylic acids is 1. The molecule has 0 atom stereocenters. The van der Waals surface area contributed by atoms with Gasteiger partial charge < -0.3 is 4.74 Å². The molecule has 4 nitrogen and oxygen atoms in total. The minimum atomic E-state index is 0.206. The Bertz CT molecular complexity index is 419. The molecule has 0 unspecified atom stereocenters. The summed E-state index contributed by atoms with van der Waals surface area (Å²) in [6.45, 7) is 3.53. The molecular formula is C10H10N2O2. The van der Waals surface area contributed by atoms with Crippen LogP contribution in [0, 0.1) is 25.2 Å². The molecule has 1 aromatic heterocycles. The fourth-order valence-electron chi connectivity index (χ4n) is 1.18. The molecule has 4 heteroatoms. The van der Waals surface area contributed by atoms with Gasteiger partial charge in [-0.1, -0.05) is 0 Å². The molecule has 0 aromatic carbocycles. The smallest absolute Gasteiger partial charge is 0.232 e. The number of carbonyl (C=O) groups is 1. The van der Waals surface area contributed by atoms with Crippen molar-refractivity contribution in [3.8, 4) is 11.9 Å². The second-order valence-electron chi connectivity index (χ2n) is 2.86. The number of hydrogen-bond donors (Lipinski definition) is 0. The summed E-state index contributed by atoms with van der Waals surface area (Å²) in [5, 5.41) is 8.86. The second-order valence-corrected chi connectivity index (χ2v) is 2.86. The standard InChI is InChI=1S/C10H10N2O2/c1-6-7(2)9(5-13)12-10(14-3)8(6)4-11/h5H,1-3H3. The summed E-state index contributed by atoms with van der Waals surface area (Å²) in [6, 6.07) is 2.00. The summed E-state index contributed by atoms with van der Waals surface area (Å²) in [6.07, 6.45) is 0.659. The SMILES string of the molecule is COc1nc(C=O)c(C)c(C)c1C#N. The highest BCUT2D eigenvalue weighted by Crippen LogP contribution is 2.22. The van der Waals surface area contributed by atoms with Gasteiger partial charge in [0.2, 0.25) is 5.88 Å². The molecule has 0 radical (unpaired) electrons. The molecule has 0 N–H and O–H groups in total. The molecule has 0 bridgehead atoms. The van der Waals surface area contributed by atoms with Crippen molar-refractivity contribution >= 4 is 6.29 Å². The van der Waals surface area contributed by atoms with Crippen LogP contribution in [0.1, 0.15) is 27.2 Å². The zero-order valence-corrected chi connectivity index (χ0v) is 8.29. The Kier molecular flexibility index (Phi) is 2.82. The summed E-state index contributed by atoms with van der Waals surface area (Å²) in [5.74, 6) is 0.206. The highest BCUT2D eigenvalue weighted by molar-refractivity contribution is 5.76. The van der Waals surface area contributed by atoms with E-state index in [2.05, 4.69) is 4.98 Å². The Morgan fingerprint density at radius 2 is 2.07 bits per heavy atom. The van der Waals surface area contributed by atoms with Crippen molar-refractivity contribution in [2.75, 3.05) is 7.11 Å². The molecule has 1 rings (SSSR count). The summed E-state index contributed by atoms with van der Waals surface area (Å²) < 4.78 is 4.92. The normalized spacial score (nSPS) is 9.29. The van der Waals surface area contributed by atoms with Gasteiger partial charge in [0.05, 0.1) is 7.11 Å². The van der Waals surface area contributed by atoms with Crippen LogP contribution in [0.15, 0.2) is 0 Å².